The van der Waals surface area contributed by atoms with Crippen LogP contribution in [0.4, 0.5) is 8.78 Å². The summed E-state index contributed by atoms with van der Waals surface area (Å²) in [5, 5.41) is 0. The molecule has 4 atom stereocenters. The number of hydrogen-bond acceptors (Lipinski definition) is 0. The second kappa shape index (κ2) is 4.73. The minimum Gasteiger partial charge on any atom is -0.244 e. The lowest BCUT2D eigenvalue weighted by Crippen LogP contribution is -2.36. The Labute approximate surface area is 79.0 Å². The zero-order valence-corrected chi connectivity index (χ0v) is 8.34. The summed E-state index contributed by atoms with van der Waals surface area (Å²) in [7, 11) is 0. The molecule has 0 spiro atoms. The fourth-order valence-corrected chi connectivity index (χ4v) is 1.93. The van der Waals surface area contributed by atoms with Crippen molar-refractivity contribution in [3.8, 4) is 0 Å². The van der Waals surface area contributed by atoms with E-state index in [9.17, 15) is 8.78 Å². The van der Waals surface area contributed by atoms with Gasteiger partial charge in [0.2, 0.25) is 0 Å². The summed E-state index contributed by atoms with van der Waals surface area (Å²) < 4.78 is 26.7. The molecule has 0 aromatic rings. The van der Waals surface area contributed by atoms with Gasteiger partial charge in [-0.2, -0.15) is 0 Å². The molecule has 0 nitrogen and oxygen atoms in total. The minimum absolute atomic E-state index is 0.0950. The van der Waals surface area contributed by atoms with Gasteiger partial charge >= 0.3 is 0 Å². The molecule has 0 heterocycles. The number of alkyl halides is 2. The van der Waals surface area contributed by atoms with Crippen molar-refractivity contribution < 1.29 is 8.78 Å². The average Bonchev–Trinajstić information content (AvgIpc) is 2.13. The van der Waals surface area contributed by atoms with Crippen molar-refractivity contribution in [1.29, 1.82) is 0 Å². The molecule has 1 fully saturated rings. The van der Waals surface area contributed by atoms with E-state index in [1.54, 1.807) is 6.92 Å². The van der Waals surface area contributed by atoms with Crippen molar-refractivity contribution in [1.82, 2.24) is 0 Å². The van der Waals surface area contributed by atoms with E-state index >= 15 is 0 Å². The molecule has 0 bridgehead atoms. The highest BCUT2D eigenvalue weighted by Crippen LogP contribution is 2.35. The molecule has 13 heavy (non-hydrogen) atoms. The fraction of sp³-hybridized carbons (Fsp3) is 0.818. The molecule has 0 saturated heterocycles. The Hall–Kier alpha value is -0.400. The highest BCUT2D eigenvalue weighted by Gasteiger charge is 2.37. The largest absolute Gasteiger partial charge is 0.244 e. The molecular weight excluding hydrogens is 170 g/mol. The van der Waals surface area contributed by atoms with Crippen molar-refractivity contribution >= 4 is 0 Å². The second-order valence-corrected chi connectivity index (χ2v) is 4.01. The van der Waals surface area contributed by atoms with Crippen LogP contribution in [0.25, 0.3) is 0 Å². The predicted octanol–water partition coefficient (Wildman–Crippen LogP) is 3.67. The normalized spacial score (nSPS) is 41.2. The summed E-state index contributed by atoms with van der Waals surface area (Å²) >= 11 is 0. The van der Waals surface area contributed by atoms with E-state index in [-0.39, 0.29) is 11.8 Å². The lowest BCUT2D eigenvalue weighted by atomic mass is 9.78. The third-order valence-electron chi connectivity index (χ3n) is 2.97. The monoisotopic (exact) mass is 188 g/mol. The maximum absolute atomic E-state index is 13.4. The lowest BCUT2D eigenvalue weighted by Gasteiger charge is -2.32. The van der Waals surface area contributed by atoms with E-state index in [1.807, 2.05) is 19.1 Å². The highest BCUT2D eigenvalue weighted by atomic mass is 19.2. The summed E-state index contributed by atoms with van der Waals surface area (Å²) in [5.74, 6) is -0.195. The standard InChI is InChI=1S/C11H18F2/c1-3-4-5-9-7-6-8(2)10(12)11(9)13/h3-4,8-11H,5-7H2,1-2H3/b4-3+. The Kier molecular flexibility index (Phi) is 3.89. The van der Waals surface area contributed by atoms with E-state index in [1.165, 1.54) is 0 Å². The van der Waals surface area contributed by atoms with Crippen molar-refractivity contribution in [2.45, 2.75) is 45.5 Å². The van der Waals surface area contributed by atoms with Crippen LogP contribution in [0, 0.1) is 11.8 Å². The summed E-state index contributed by atoms with van der Waals surface area (Å²) in [5.41, 5.74) is 0. The van der Waals surface area contributed by atoms with Gasteiger partial charge in [0, 0.05) is 0 Å². The molecule has 1 saturated carbocycles. The van der Waals surface area contributed by atoms with Crippen molar-refractivity contribution in [2.75, 3.05) is 0 Å². The molecule has 0 aliphatic heterocycles. The summed E-state index contributed by atoms with van der Waals surface area (Å²) in [6, 6.07) is 0. The van der Waals surface area contributed by atoms with Gasteiger partial charge in [0.05, 0.1) is 0 Å². The summed E-state index contributed by atoms with van der Waals surface area (Å²) in [6.45, 7) is 3.70. The van der Waals surface area contributed by atoms with Crippen LogP contribution in [0.1, 0.15) is 33.1 Å². The van der Waals surface area contributed by atoms with E-state index in [0.29, 0.717) is 6.42 Å². The van der Waals surface area contributed by atoms with Crippen molar-refractivity contribution in [3.63, 3.8) is 0 Å². The number of allylic oxidation sites excluding steroid dienone is 2. The van der Waals surface area contributed by atoms with Gasteiger partial charge in [-0.05, 0) is 38.0 Å². The Balaban J connectivity index is 2.48. The molecule has 1 aliphatic carbocycles. The van der Waals surface area contributed by atoms with Gasteiger partial charge in [-0.1, -0.05) is 19.1 Å². The van der Waals surface area contributed by atoms with Crippen LogP contribution in [-0.2, 0) is 0 Å². The van der Waals surface area contributed by atoms with Crippen LogP contribution >= 0.6 is 0 Å². The molecule has 0 amide bonds. The van der Waals surface area contributed by atoms with Crippen LogP contribution in [0.15, 0.2) is 12.2 Å². The van der Waals surface area contributed by atoms with Gasteiger partial charge in [0.15, 0.2) is 0 Å². The first-order chi connectivity index (χ1) is 6.16. The summed E-state index contributed by atoms with van der Waals surface area (Å²) in [6.07, 6.45) is 3.67. The van der Waals surface area contributed by atoms with Gasteiger partial charge in [0.25, 0.3) is 0 Å². The summed E-state index contributed by atoms with van der Waals surface area (Å²) in [4.78, 5) is 0. The Morgan fingerprint density at radius 2 is 1.92 bits per heavy atom. The van der Waals surface area contributed by atoms with Gasteiger partial charge in [-0.3, -0.25) is 0 Å². The molecule has 1 rings (SSSR count). The van der Waals surface area contributed by atoms with Crippen molar-refractivity contribution in [2.24, 2.45) is 11.8 Å². The third kappa shape index (κ3) is 2.52. The van der Waals surface area contributed by atoms with Crippen molar-refractivity contribution in [3.05, 3.63) is 12.2 Å². The van der Waals surface area contributed by atoms with Gasteiger partial charge in [-0.15, -0.1) is 0 Å². The van der Waals surface area contributed by atoms with Crippen LogP contribution in [0.2, 0.25) is 0 Å². The predicted molar refractivity (Wildman–Crippen MR) is 51.1 cm³/mol. The SMILES string of the molecule is C/C=C/CC1CCC(C)C(F)C1F. The molecule has 0 aromatic carbocycles. The van der Waals surface area contributed by atoms with E-state index in [0.717, 1.165) is 12.8 Å². The highest BCUT2D eigenvalue weighted by molar-refractivity contribution is 4.91. The quantitative estimate of drug-likeness (QED) is 0.580. The van der Waals surface area contributed by atoms with Gasteiger partial charge < -0.3 is 0 Å². The van der Waals surface area contributed by atoms with Gasteiger partial charge in [0.1, 0.15) is 12.3 Å². The molecule has 0 radical (unpaired) electrons. The number of rotatable bonds is 2. The van der Waals surface area contributed by atoms with Crippen LogP contribution in [0.3, 0.4) is 0 Å². The third-order valence-corrected chi connectivity index (χ3v) is 2.97. The average molecular weight is 188 g/mol. The van der Waals surface area contributed by atoms with E-state index in [2.05, 4.69) is 0 Å². The molecular formula is C11H18F2. The van der Waals surface area contributed by atoms with Gasteiger partial charge in [-0.25, -0.2) is 8.78 Å². The first kappa shape index (κ1) is 10.7. The Morgan fingerprint density at radius 3 is 2.54 bits per heavy atom. The van der Waals surface area contributed by atoms with E-state index < -0.39 is 12.3 Å². The lowest BCUT2D eigenvalue weighted by molar-refractivity contribution is 0.0307. The maximum atomic E-state index is 13.4. The number of hydrogen-bond donors (Lipinski definition) is 0. The molecule has 76 valence electrons. The molecule has 4 unspecified atom stereocenters. The maximum Gasteiger partial charge on any atom is 0.134 e. The topological polar surface area (TPSA) is 0 Å². The zero-order valence-electron chi connectivity index (χ0n) is 8.34. The van der Waals surface area contributed by atoms with Crippen LogP contribution < -0.4 is 0 Å². The minimum atomic E-state index is -1.25. The second-order valence-electron chi connectivity index (χ2n) is 4.01. The fourth-order valence-electron chi connectivity index (χ4n) is 1.93. The first-order valence-corrected chi connectivity index (χ1v) is 5.06. The zero-order chi connectivity index (χ0) is 9.84. The van der Waals surface area contributed by atoms with E-state index in [4.69, 9.17) is 0 Å². The molecule has 0 N–H and O–H groups in total. The molecule has 0 aromatic heterocycles. The Bertz CT molecular complexity index is 177. The molecule has 1 aliphatic rings. The number of halogens is 2. The van der Waals surface area contributed by atoms with Crippen LogP contribution in [-0.4, -0.2) is 12.3 Å². The Morgan fingerprint density at radius 1 is 1.23 bits per heavy atom. The molecule has 2 heteroatoms. The van der Waals surface area contributed by atoms with Crippen LogP contribution in [0.5, 0.6) is 0 Å². The smallest absolute Gasteiger partial charge is 0.134 e. The first-order valence-electron chi connectivity index (χ1n) is 5.06.